The highest BCUT2D eigenvalue weighted by Crippen LogP contribution is 2.19. The number of thiocarbonyl (C=S) groups is 1. The van der Waals surface area contributed by atoms with Crippen LogP contribution in [-0.4, -0.2) is 65.4 Å². The second kappa shape index (κ2) is 11.6. The van der Waals surface area contributed by atoms with Crippen LogP contribution in [0.15, 0.2) is 29.3 Å². The number of rotatable bonds is 5. The van der Waals surface area contributed by atoms with E-state index in [4.69, 9.17) is 23.1 Å². The molecule has 0 aromatic heterocycles. The molecule has 1 fully saturated rings. The highest BCUT2D eigenvalue weighted by atomic mass is 32.2. The molecule has 9 heteroatoms. The average Bonchev–Trinajstić information content (AvgIpc) is 2.57. The fraction of sp³-hybridized carbons (Fsp3) is 0.500. The lowest BCUT2D eigenvalue weighted by Gasteiger charge is -2.35. The van der Waals surface area contributed by atoms with E-state index >= 15 is 0 Å². The van der Waals surface area contributed by atoms with E-state index in [0.717, 1.165) is 44.2 Å². The summed E-state index contributed by atoms with van der Waals surface area (Å²) in [6.45, 7) is 6.91. The van der Waals surface area contributed by atoms with Crippen molar-refractivity contribution < 1.29 is 5.11 Å². The highest BCUT2D eigenvalue weighted by molar-refractivity contribution is 8.13. The van der Waals surface area contributed by atoms with Crippen molar-refractivity contribution in [2.45, 2.75) is 6.92 Å². The van der Waals surface area contributed by atoms with Crippen LogP contribution in [0.2, 0.25) is 0 Å². The van der Waals surface area contributed by atoms with Crippen LogP contribution in [0.1, 0.15) is 6.92 Å². The Morgan fingerprint density at radius 3 is 2.48 bits per heavy atom. The molecule has 2 rings (SSSR count). The molecule has 1 atom stereocenters. The van der Waals surface area contributed by atoms with Crippen LogP contribution in [-0.2, 0) is 0 Å². The number of nitrogens with zero attached hydrogens (tertiary/aromatic N) is 3. The van der Waals surface area contributed by atoms with Gasteiger partial charge in [0.25, 0.3) is 0 Å². The van der Waals surface area contributed by atoms with E-state index in [2.05, 4.69) is 32.2 Å². The Hall–Kier alpha value is -0.920. The molecule has 140 valence electrons. The van der Waals surface area contributed by atoms with E-state index in [-0.39, 0.29) is 16.5 Å². The summed E-state index contributed by atoms with van der Waals surface area (Å²) in [5.74, 6) is 0.873. The van der Waals surface area contributed by atoms with Crippen molar-refractivity contribution in [3.05, 3.63) is 24.3 Å². The monoisotopic (exact) mass is 401 g/mol. The Morgan fingerprint density at radius 1 is 1.28 bits per heavy atom. The molecule has 0 aliphatic carbocycles. The molecule has 1 saturated heterocycles. The SMILES string of the molecule is CCSC(N)=NC(=S)Nc1ccc(N2CCN(CCO)CC2)cc1.P. The first-order chi connectivity index (χ1) is 11.6. The second-order valence-electron chi connectivity index (χ2n) is 5.41. The number of piperazine rings is 1. The number of β-amino-alcohol motifs (C(OH)–C–C–N with tert-alkyl or cyclic N) is 1. The zero-order valence-electron chi connectivity index (χ0n) is 14.6. The summed E-state index contributed by atoms with van der Waals surface area (Å²) in [6.07, 6.45) is 0. The Bertz CT molecular complexity index is 562. The van der Waals surface area contributed by atoms with Gasteiger partial charge < -0.3 is 21.1 Å². The van der Waals surface area contributed by atoms with Gasteiger partial charge in [-0.25, -0.2) is 0 Å². The minimum absolute atomic E-state index is 0. The van der Waals surface area contributed by atoms with Gasteiger partial charge in [-0.1, -0.05) is 18.7 Å². The summed E-state index contributed by atoms with van der Waals surface area (Å²) in [4.78, 5) is 8.77. The largest absolute Gasteiger partial charge is 0.395 e. The summed E-state index contributed by atoms with van der Waals surface area (Å²) in [5, 5.41) is 12.9. The molecule has 4 N–H and O–H groups in total. The molecule has 0 bridgehead atoms. The van der Waals surface area contributed by atoms with Crippen molar-refractivity contribution in [2.75, 3.05) is 55.3 Å². The zero-order chi connectivity index (χ0) is 17.4. The number of aliphatic hydroxyl groups excluding tert-OH is 1. The fourth-order valence-electron chi connectivity index (χ4n) is 2.56. The second-order valence-corrected chi connectivity index (χ2v) is 7.08. The van der Waals surface area contributed by atoms with Crippen molar-refractivity contribution in [3.63, 3.8) is 0 Å². The molecule has 0 radical (unpaired) electrons. The minimum atomic E-state index is 0. The number of hydrogen-bond donors (Lipinski definition) is 3. The molecule has 1 aromatic carbocycles. The highest BCUT2D eigenvalue weighted by Gasteiger charge is 2.16. The summed E-state index contributed by atoms with van der Waals surface area (Å²) >= 11 is 6.66. The molecule has 1 heterocycles. The first kappa shape index (κ1) is 22.1. The Labute approximate surface area is 162 Å². The average molecular weight is 402 g/mol. The Balaban J connectivity index is 0.00000312. The molecule has 0 saturated carbocycles. The zero-order valence-corrected chi connectivity index (χ0v) is 17.7. The van der Waals surface area contributed by atoms with Crippen LogP contribution in [0, 0.1) is 0 Å². The normalized spacial score (nSPS) is 15.6. The van der Waals surface area contributed by atoms with Gasteiger partial charge in [0.2, 0.25) is 0 Å². The predicted molar refractivity (Wildman–Crippen MR) is 119 cm³/mol. The van der Waals surface area contributed by atoms with Crippen molar-refractivity contribution in [2.24, 2.45) is 10.7 Å². The van der Waals surface area contributed by atoms with Gasteiger partial charge in [0.05, 0.1) is 6.61 Å². The predicted octanol–water partition coefficient (Wildman–Crippen LogP) is 1.62. The van der Waals surface area contributed by atoms with E-state index in [0.29, 0.717) is 10.3 Å². The van der Waals surface area contributed by atoms with Crippen LogP contribution < -0.4 is 16.0 Å². The maximum Gasteiger partial charge on any atom is 0.199 e. The molecule has 1 aliphatic heterocycles. The van der Waals surface area contributed by atoms with Gasteiger partial charge in [-0.2, -0.15) is 14.9 Å². The molecule has 1 aromatic rings. The van der Waals surface area contributed by atoms with Crippen LogP contribution in [0.4, 0.5) is 11.4 Å². The fourth-order valence-corrected chi connectivity index (χ4v) is 3.28. The summed E-state index contributed by atoms with van der Waals surface area (Å²) < 4.78 is 0. The van der Waals surface area contributed by atoms with Gasteiger partial charge in [-0.05, 0) is 42.2 Å². The molecular weight excluding hydrogens is 373 g/mol. The standard InChI is InChI=1S/C16H25N5OS2.H3P/c1-2-24-15(17)19-16(23)18-13-3-5-14(6-4-13)21-9-7-20(8-10-21)11-12-22;/h3-6,22H,2,7-12H2,1H3,(H3,17,18,19,23);1H3. The van der Waals surface area contributed by atoms with Crippen LogP contribution in [0.3, 0.4) is 0 Å². The van der Waals surface area contributed by atoms with E-state index in [9.17, 15) is 0 Å². The molecule has 0 amide bonds. The molecule has 0 spiro atoms. The topological polar surface area (TPSA) is 77.1 Å². The van der Waals surface area contributed by atoms with Crippen LogP contribution in [0.5, 0.6) is 0 Å². The third-order valence-electron chi connectivity index (χ3n) is 3.78. The lowest BCUT2D eigenvalue weighted by atomic mass is 10.2. The number of aliphatic hydroxyl groups is 1. The maximum atomic E-state index is 9.00. The van der Waals surface area contributed by atoms with Gasteiger partial charge in [0.15, 0.2) is 10.3 Å². The number of amidine groups is 1. The number of thioether (sulfide) groups is 1. The van der Waals surface area contributed by atoms with Gasteiger partial charge in [-0.3, -0.25) is 4.90 Å². The summed E-state index contributed by atoms with van der Waals surface area (Å²) in [5.41, 5.74) is 7.85. The van der Waals surface area contributed by atoms with E-state index < -0.39 is 0 Å². The van der Waals surface area contributed by atoms with Crippen LogP contribution >= 0.6 is 33.9 Å². The van der Waals surface area contributed by atoms with E-state index in [1.54, 1.807) is 0 Å². The molecule has 1 unspecified atom stereocenters. The quantitative estimate of drug-likeness (QED) is 0.300. The number of hydrogen-bond acceptors (Lipinski definition) is 5. The Kier molecular flexibility index (Phi) is 10.3. The van der Waals surface area contributed by atoms with Gasteiger partial charge in [-0.15, -0.1) is 0 Å². The lowest BCUT2D eigenvalue weighted by molar-refractivity contribution is 0.189. The maximum absolute atomic E-state index is 9.00. The Morgan fingerprint density at radius 2 is 1.92 bits per heavy atom. The third kappa shape index (κ3) is 7.46. The van der Waals surface area contributed by atoms with Crippen LogP contribution in [0.25, 0.3) is 0 Å². The minimum Gasteiger partial charge on any atom is -0.395 e. The number of anilines is 2. The van der Waals surface area contributed by atoms with E-state index in [1.807, 2.05) is 19.1 Å². The molecule has 6 nitrogen and oxygen atoms in total. The smallest absolute Gasteiger partial charge is 0.199 e. The van der Waals surface area contributed by atoms with Gasteiger partial charge in [0.1, 0.15) is 0 Å². The number of nitrogens with two attached hydrogens (primary N) is 1. The van der Waals surface area contributed by atoms with Gasteiger partial charge >= 0.3 is 0 Å². The van der Waals surface area contributed by atoms with Gasteiger partial charge in [0, 0.05) is 44.1 Å². The molecule has 25 heavy (non-hydrogen) atoms. The number of benzene rings is 1. The van der Waals surface area contributed by atoms with E-state index in [1.165, 1.54) is 17.4 Å². The number of aliphatic imine (C=N–C) groups is 1. The van der Waals surface area contributed by atoms with Crippen molar-refractivity contribution in [3.8, 4) is 0 Å². The van der Waals surface area contributed by atoms with Crippen molar-refractivity contribution >= 4 is 55.5 Å². The van der Waals surface area contributed by atoms with Crippen molar-refractivity contribution in [1.82, 2.24) is 4.90 Å². The third-order valence-corrected chi connectivity index (χ3v) is 4.65. The first-order valence-corrected chi connectivity index (χ1v) is 9.48. The number of nitrogens with one attached hydrogen (secondary N) is 1. The summed E-state index contributed by atoms with van der Waals surface area (Å²) in [7, 11) is 0. The lowest BCUT2D eigenvalue weighted by Crippen LogP contribution is -2.47. The summed E-state index contributed by atoms with van der Waals surface area (Å²) in [6, 6.07) is 8.17. The van der Waals surface area contributed by atoms with Crippen molar-refractivity contribution in [1.29, 1.82) is 0 Å². The first-order valence-electron chi connectivity index (χ1n) is 8.08. The molecular formula is C16H28N5OPS2. The molecule has 1 aliphatic rings.